The summed E-state index contributed by atoms with van der Waals surface area (Å²) in [6, 6.07) is 6.33. The first kappa shape index (κ1) is 14.3. The summed E-state index contributed by atoms with van der Waals surface area (Å²) < 4.78 is 6.98. The number of hydrogen-bond acceptors (Lipinski definition) is 4. The molecule has 0 saturated carbocycles. The number of hydrogen-bond donors (Lipinski definition) is 1. The highest BCUT2D eigenvalue weighted by Gasteiger charge is 2.15. The third-order valence-electron chi connectivity index (χ3n) is 3.37. The fourth-order valence-electron chi connectivity index (χ4n) is 2.30. The molecule has 7 heteroatoms. The molecule has 112 valence electrons. The Kier molecular flexibility index (Phi) is 3.46. The number of aryl methyl sites for hydroxylation is 1. The van der Waals surface area contributed by atoms with Crippen LogP contribution in [0.5, 0.6) is 5.75 Å². The van der Waals surface area contributed by atoms with Gasteiger partial charge in [-0.3, -0.25) is 0 Å². The molecule has 1 N–H and O–H groups in total. The van der Waals surface area contributed by atoms with Crippen LogP contribution in [0, 0.1) is 6.92 Å². The number of rotatable bonds is 3. The lowest BCUT2D eigenvalue weighted by Crippen LogP contribution is -2.03. The molecule has 0 unspecified atom stereocenters. The fraction of sp³-hybridized carbons (Fsp3) is 0.133. The van der Waals surface area contributed by atoms with E-state index in [0.717, 1.165) is 16.6 Å². The van der Waals surface area contributed by atoms with E-state index >= 15 is 0 Å². The molecular formula is C15H12ClN3O3. The van der Waals surface area contributed by atoms with Gasteiger partial charge in [-0.15, -0.1) is 0 Å². The summed E-state index contributed by atoms with van der Waals surface area (Å²) in [5.41, 5.74) is 2.35. The number of ether oxygens (including phenoxy) is 1. The molecule has 0 atom stereocenters. The van der Waals surface area contributed by atoms with Gasteiger partial charge in [0.2, 0.25) is 0 Å². The Morgan fingerprint density at radius 1 is 1.36 bits per heavy atom. The Hall–Kier alpha value is -2.60. The number of carboxylic acid groups (broad SMARTS) is 1. The second kappa shape index (κ2) is 5.31. The Morgan fingerprint density at radius 2 is 2.14 bits per heavy atom. The lowest BCUT2D eigenvalue weighted by atomic mass is 10.2. The molecule has 2 aromatic heterocycles. The van der Waals surface area contributed by atoms with E-state index in [1.807, 2.05) is 6.92 Å². The Morgan fingerprint density at radius 3 is 2.82 bits per heavy atom. The SMILES string of the molecule is COc1cc(C(=O)O)ccc1-n1nc(C)c2cnc(Cl)cc21. The Balaban J connectivity index is 2.27. The van der Waals surface area contributed by atoms with E-state index in [0.29, 0.717) is 16.6 Å². The maximum absolute atomic E-state index is 11.1. The van der Waals surface area contributed by atoms with Crippen LogP contribution in [0.15, 0.2) is 30.5 Å². The van der Waals surface area contributed by atoms with Crippen LogP contribution in [0.3, 0.4) is 0 Å². The van der Waals surface area contributed by atoms with E-state index in [2.05, 4.69) is 10.1 Å². The van der Waals surface area contributed by atoms with Crippen LogP contribution in [-0.2, 0) is 0 Å². The maximum atomic E-state index is 11.1. The summed E-state index contributed by atoms with van der Waals surface area (Å²) in [7, 11) is 1.48. The zero-order valence-electron chi connectivity index (χ0n) is 11.9. The van der Waals surface area contributed by atoms with Gasteiger partial charge in [0.1, 0.15) is 16.6 Å². The molecule has 22 heavy (non-hydrogen) atoms. The van der Waals surface area contributed by atoms with Gasteiger partial charge in [-0.25, -0.2) is 14.5 Å². The molecule has 0 aliphatic carbocycles. The highest BCUT2D eigenvalue weighted by Crippen LogP contribution is 2.29. The third-order valence-corrected chi connectivity index (χ3v) is 3.58. The molecule has 0 aliphatic heterocycles. The monoisotopic (exact) mass is 317 g/mol. The third kappa shape index (κ3) is 2.27. The van der Waals surface area contributed by atoms with Crippen LogP contribution in [0.2, 0.25) is 5.15 Å². The molecule has 0 aliphatic rings. The molecule has 6 nitrogen and oxygen atoms in total. The molecular weight excluding hydrogens is 306 g/mol. The first-order valence-electron chi connectivity index (χ1n) is 6.44. The van der Waals surface area contributed by atoms with Gasteiger partial charge < -0.3 is 9.84 Å². The van der Waals surface area contributed by atoms with Gasteiger partial charge in [-0.2, -0.15) is 5.10 Å². The molecule has 1 aromatic carbocycles. The number of halogens is 1. The van der Waals surface area contributed by atoms with Crippen LogP contribution in [0.4, 0.5) is 0 Å². The number of methoxy groups -OCH3 is 1. The minimum Gasteiger partial charge on any atom is -0.494 e. The van der Waals surface area contributed by atoms with Gasteiger partial charge in [0.25, 0.3) is 0 Å². The largest absolute Gasteiger partial charge is 0.494 e. The average Bonchev–Trinajstić information content (AvgIpc) is 2.82. The summed E-state index contributed by atoms with van der Waals surface area (Å²) >= 11 is 5.97. The number of nitrogens with zero attached hydrogens (tertiary/aromatic N) is 3. The molecule has 0 saturated heterocycles. The van der Waals surface area contributed by atoms with E-state index in [1.54, 1.807) is 23.0 Å². The second-order valence-electron chi connectivity index (χ2n) is 4.71. The van der Waals surface area contributed by atoms with Crippen molar-refractivity contribution in [2.75, 3.05) is 7.11 Å². The standard InChI is InChI=1S/C15H12ClN3O3/c1-8-10-7-17-14(16)6-12(10)19(18-8)11-4-3-9(15(20)21)5-13(11)22-2/h3-7H,1-2H3,(H,20,21). The Labute approximate surface area is 130 Å². The normalized spacial score (nSPS) is 10.9. The number of pyridine rings is 1. The number of aromatic carboxylic acids is 1. The molecule has 0 spiro atoms. The van der Waals surface area contributed by atoms with Crippen LogP contribution < -0.4 is 4.74 Å². The van der Waals surface area contributed by atoms with Gasteiger partial charge in [0, 0.05) is 17.6 Å². The van der Waals surface area contributed by atoms with Crippen molar-refractivity contribution in [1.82, 2.24) is 14.8 Å². The molecule has 0 amide bonds. The number of fused-ring (bicyclic) bond motifs is 1. The van der Waals surface area contributed by atoms with Gasteiger partial charge in [-0.1, -0.05) is 11.6 Å². The van der Waals surface area contributed by atoms with Crippen molar-refractivity contribution in [3.05, 3.63) is 46.9 Å². The number of aromatic nitrogens is 3. The van der Waals surface area contributed by atoms with Crippen molar-refractivity contribution in [1.29, 1.82) is 0 Å². The molecule has 0 bridgehead atoms. The summed E-state index contributed by atoms with van der Waals surface area (Å²) in [5.74, 6) is -0.601. The zero-order chi connectivity index (χ0) is 15.9. The van der Waals surface area contributed by atoms with Crippen molar-refractivity contribution in [3.8, 4) is 11.4 Å². The summed E-state index contributed by atoms with van der Waals surface area (Å²) in [6.45, 7) is 1.87. The number of carbonyl (C=O) groups is 1. The number of carboxylic acids is 1. The van der Waals surface area contributed by atoms with Crippen molar-refractivity contribution >= 4 is 28.5 Å². The van der Waals surface area contributed by atoms with Crippen molar-refractivity contribution in [2.24, 2.45) is 0 Å². The van der Waals surface area contributed by atoms with Gasteiger partial charge >= 0.3 is 5.97 Å². The summed E-state index contributed by atoms with van der Waals surface area (Å²) in [4.78, 5) is 15.1. The molecule has 0 radical (unpaired) electrons. The smallest absolute Gasteiger partial charge is 0.335 e. The van der Waals surface area contributed by atoms with E-state index in [4.69, 9.17) is 21.4 Å². The van der Waals surface area contributed by atoms with E-state index in [9.17, 15) is 4.79 Å². The predicted molar refractivity (Wildman–Crippen MR) is 82.1 cm³/mol. The van der Waals surface area contributed by atoms with Crippen LogP contribution in [-0.4, -0.2) is 33.0 Å². The molecule has 0 fully saturated rings. The minimum atomic E-state index is -1.02. The first-order chi connectivity index (χ1) is 10.5. The fourth-order valence-corrected chi connectivity index (χ4v) is 2.45. The Bertz CT molecular complexity index is 889. The van der Waals surface area contributed by atoms with Gasteiger partial charge in [-0.05, 0) is 25.1 Å². The molecule has 2 heterocycles. The van der Waals surface area contributed by atoms with E-state index in [1.165, 1.54) is 19.2 Å². The highest BCUT2D eigenvalue weighted by molar-refractivity contribution is 6.30. The van der Waals surface area contributed by atoms with Crippen LogP contribution >= 0.6 is 11.6 Å². The summed E-state index contributed by atoms with van der Waals surface area (Å²) in [6.07, 6.45) is 1.66. The quantitative estimate of drug-likeness (QED) is 0.751. The topological polar surface area (TPSA) is 77.2 Å². The number of benzene rings is 1. The van der Waals surface area contributed by atoms with Crippen molar-refractivity contribution < 1.29 is 14.6 Å². The molecule has 3 aromatic rings. The predicted octanol–water partition coefficient (Wildman–Crippen LogP) is 3.09. The minimum absolute atomic E-state index is 0.147. The van der Waals surface area contributed by atoms with E-state index in [-0.39, 0.29) is 5.56 Å². The summed E-state index contributed by atoms with van der Waals surface area (Å²) in [5, 5.41) is 14.8. The van der Waals surface area contributed by atoms with Crippen LogP contribution in [0.25, 0.3) is 16.6 Å². The van der Waals surface area contributed by atoms with Crippen molar-refractivity contribution in [2.45, 2.75) is 6.92 Å². The highest BCUT2D eigenvalue weighted by atomic mass is 35.5. The lowest BCUT2D eigenvalue weighted by Gasteiger charge is -2.10. The van der Waals surface area contributed by atoms with Gasteiger partial charge in [0.05, 0.1) is 23.9 Å². The van der Waals surface area contributed by atoms with E-state index < -0.39 is 5.97 Å². The van der Waals surface area contributed by atoms with Crippen molar-refractivity contribution in [3.63, 3.8) is 0 Å². The molecule has 3 rings (SSSR count). The zero-order valence-corrected chi connectivity index (χ0v) is 12.6. The van der Waals surface area contributed by atoms with Crippen LogP contribution in [0.1, 0.15) is 16.1 Å². The lowest BCUT2D eigenvalue weighted by molar-refractivity contribution is 0.0696. The second-order valence-corrected chi connectivity index (χ2v) is 5.10. The maximum Gasteiger partial charge on any atom is 0.335 e. The van der Waals surface area contributed by atoms with Gasteiger partial charge in [0.15, 0.2) is 0 Å². The first-order valence-corrected chi connectivity index (χ1v) is 6.81. The average molecular weight is 318 g/mol.